The largest absolute Gasteiger partial charge is 0.379 e. The third kappa shape index (κ3) is 3.78. The number of carbonyl (C=O) groups excluding carboxylic acids is 2. The molecule has 0 bridgehead atoms. The van der Waals surface area contributed by atoms with Crippen molar-refractivity contribution < 1.29 is 23.5 Å². The van der Waals surface area contributed by atoms with E-state index in [4.69, 9.17) is 9.47 Å². The average molecular weight is 390 g/mol. The fourth-order valence-corrected chi connectivity index (χ4v) is 4.20. The summed E-state index contributed by atoms with van der Waals surface area (Å²) < 4.78 is 25.1. The predicted octanol–water partition coefficient (Wildman–Crippen LogP) is 1.53. The van der Waals surface area contributed by atoms with E-state index >= 15 is 0 Å². The Hall–Kier alpha value is -1.99. The van der Waals surface area contributed by atoms with Crippen LogP contribution in [0, 0.1) is 17.2 Å². The van der Waals surface area contributed by atoms with Gasteiger partial charge in [0.2, 0.25) is 11.8 Å². The Labute approximate surface area is 164 Å². The summed E-state index contributed by atoms with van der Waals surface area (Å²) in [5, 5.41) is 3.10. The van der Waals surface area contributed by atoms with Crippen molar-refractivity contribution in [2.75, 3.05) is 33.4 Å². The van der Waals surface area contributed by atoms with Gasteiger partial charge in [-0.1, -0.05) is 18.2 Å². The van der Waals surface area contributed by atoms with E-state index in [1.54, 1.807) is 30.2 Å². The zero-order chi connectivity index (χ0) is 19.7. The van der Waals surface area contributed by atoms with E-state index in [0.29, 0.717) is 38.3 Å². The van der Waals surface area contributed by atoms with Crippen molar-refractivity contribution >= 4 is 11.8 Å². The number of likely N-dealkylation sites (tertiary alicyclic amines) is 1. The maximum Gasteiger partial charge on any atom is 0.230 e. The van der Waals surface area contributed by atoms with Crippen LogP contribution in [-0.4, -0.2) is 62.3 Å². The van der Waals surface area contributed by atoms with Crippen LogP contribution in [0.15, 0.2) is 24.3 Å². The molecule has 3 fully saturated rings. The molecule has 152 valence electrons. The summed E-state index contributed by atoms with van der Waals surface area (Å²) in [4.78, 5) is 27.4. The Balaban J connectivity index is 1.50. The van der Waals surface area contributed by atoms with Gasteiger partial charge in [-0.05, 0) is 37.3 Å². The van der Waals surface area contributed by atoms with Crippen molar-refractivity contribution in [2.45, 2.75) is 37.8 Å². The van der Waals surface area contributed by atoms with Crippen LogP contribution in [0.3, 0.4) is 0 Å². The standard InChI is InChI=1S/C21H27FN2O4/c1-27-18-11-28-9-8-17(18)23-20(26)21(10-15-4-2-3-5-16(15)22)12-24(13-21)19(25)14-6-7-14/h2-5,14,17-18H,6-13H2,1H3,(H,23,26)/t17-,18-/m0/s1. The van der Waals surface area contributed by atoms with Crippen LogP contribution in [0.4, 0.5) is 4.39 Å². The molecule has 0 radical (unpaired) electrons. The zero-order valence-electron chi connectivity index (χ0n) is 16.2. The van der Waals surface area contributed by atoms with Crippen LogP contribution in [0.25, 0.3) is 0 Å². The van der Waals surface area contributed by atoms with Crippen molar-refractivity contribution in [3.63, 3.8) is 0 Å². The maximum absolute atomic E-state index is 14.3. The fourth-order valence-electron chi connectivity index (χ4n) is 4.20. The molecule has 0 unspecified atom stereocenters. The highest BCUT2D eigenvalue weighted by molar-refractivity contribution is 5.89. The first kappa shape index (κ1) is 19.3. The topological polar surface area (TPSA) is 67.9 Å². The molecule has 6 nitrogen and oxygen atoms in total. The number of nitrogens with one attached hydrogen (secondary N) is 1. The number of hydrogen-bond acceptors (Lipinski definition) is 4. The molecule has 0 spiro atoms. The molecule has 7 heteroatoms. The van der Waals surface area contributed by atoms with Gasteiger partial charge in [0.15, 0.2) is 0 Å². The third-order valence-corrected chi connectivity index (χ3v) is 6.12. The highest BCUT2D eigenvalue weighted by Gasteiger charge is 2.53. The number of hydrogen-bond donors (Lipinski definition) is 1. The molecule has 1 aliphatic carbocycles. The molecule has 1 N–H and O–H groups in total. The molecule has 3 aliphatic rings. The van der Waals surface area contributed by atoms with Crippen LogP contribution in [0.2, 0.25) is 0 Å². The fraction of sp³-hybridized carbons (Fsp3) is 0.619. The third-order valence-electron chi connectivity index (χ3n) is 6.12. The number of ether oxygens (including phenoxy) is 2. The lowest BCUT2D eigenvalue weighted by molar-refractivity contribution is -0.156. The minimum Gasteiger partial charge on any atom is -0.379 e. The quantitative estimate of drug-likeness (QED) is 0.800. The average Bonchev–Trinajstić information content (AvgIpc) is 3.51. The molecule has 2 amide bonds. The molecule has 1 aromatic rings. The number of amides is 2. The Bertz CT molecular complexity index is 746. The van der Waals surface area contributed by atoms with Crippen LogP contribution >= 0.6 is 0 Å². The number of halogens is 1. The summed E-state index contributed by atoms with van der Waals surface area (Å²) in [6.45, 7) is 1.68. The second kappa shape index (κ2) is 7.79. The van der Waals surface area contributed by atoms with Crippen molar-refractivity contribution in [3.8, 4) is 0 Å². The summed E-state index contributed by atoms with van der Waals surface area (Å²) in [5.74, 6) is -0.215. The Morgan fingerprint density at radius 3 is 2.71 bits per heavy atom. The highest BCUT2D eigenvalue weighted by Crippen LogP contribution is 2.40. The van der Waals surface area contributed by atoms with Gasteiger partial charge in [-0.25, -0.2) is 4.39 Å². The van der Waals surface area contributed by atoms with Crippen LogP contribution in [0.1, 0.15) is 24.8 Å². The second-order valence-corrected chi connectivity index (χ2v) is 8.23. The van der Waals surface area contributed by atoms with Crippen LogP contribution in [-0.2, 0) is 25.5 Å². The zero-order valence-corrected chi connectivity index (χ0v) is 16.2. The Morgan fingerprint density at radius 2 is 2.04 bits per heavy atom. The predicted molar refractivity (Wildman–Crippen MR) is 100 cm³/mol. The minimum absolute atomic E-state index is 0.114. The van der Waals surface area contributed by atoms with E-state index in [2.05, 4.69) is 5.32 Å². The summed E-state index contributed by atoms with van der Waals surface area (Å²) in [6, 6.07) is 6.39. The lowest BCUT2D eigenvalue weighted by Crippen LogP contribution is -2.67. The summed E-state index contributed by atoms with van der Waals surface area (Å²) in [5.41, 5.74) is -0.296. The molecule has 2 aliphatic heterocycles. The lowest BCUT2D eigenvalue weighted by Gasteiger charge is -2.50. The number of methoxy groups -OCH3 is 1. The molecule has 2 atom stereocenters. The number of carbonyl (C=O) groups is 2. The first-order valence-electron chi connectivity index (χ1n) is 9.96. The smallest absolute Gasteiger partial charge is 0.230 e. The van der Waals surface area contributed by atoms with E-state index in [0.717, 1.165) is 12.8 Å². The molecular weight excluding hydrogens is 363 g/mol. The van der Waals surface area contributed by atoms with Gasteiger partial charge in [-0.15, -0.1) is 0 Å². The molecule has 4 rings (SSSR count). The number of nitrogens with zero attached hydrogens (tertiary/aromatic N) is 1. The van der Waals surface area contributed by atoms with Gasteiger partial charge in [-0.3, -0.25) is 9.59 Å². The number of benzene rings is 1. The van der Waals surface area contributed by atoms with E-state index in [9.17, 15) is 14.0 Å². The summed E-state index contributed by atoms with van der Waals surface area (Å²) >= 11 is 0. The summed E-state index contributed by atoms with van der Waals surface area (Å²) in [7, 11) is 1.60. The van der Waals surface area contributed by atoms with Crippen molar-refractivity contribution in [2.24, 2.45) is 11.3 Å². The molecule has 2 heterocycles. The first-order valence-corrected chi connectivity index (χ1v) is 9.96. The van der Waals surface area contributed by atoms with Gasteiger partial charge in [0.05, 0.1) is 18.1 Å². The number of rotatable bonds is 6. The van der Waals surface area contributed by atoms with Crippen LogP contribution in [0.5, 0.6) is 0 Å². The first-order chi connectivity index (χ1) is 13.5. The lowest BCUT2D eigenvalue weighted by atomic mass is 9.73. The van der Waals surface area contributed by atoms with Gasteiger partial charge in [0, 0.05) is 32.7 Å². The van der Waals surface area contributed by atoms with Gasteiger partial charge < -0.3 is 19.7 Å². The van der Waals surface area contributed by atoms with Crippen molar-refractivity contribution in [1.82, 2.24) is 10.2 Å². The minimum atomic E-state index is -0.802. The maximum atomic E-state index is 14.3. The monoisotopic (exact) mass is 390 g/mol. The van der Waals surface area contributed by atoms with Gasteiger partial charge in [-0.2, -0.15) is 0 Å². The summed E-state index contributed by atoms with van der Waals surface area (Å²) in [6.07, 6.45) is 2.61. The normalized spacial score (nSPS) is 26.4. The molecule has 1 saturated carbocycles. The van der Waals surface area contributed by atoms with Gasteiger partial charge in [0.25, 0.3) is 0 Å². The van der Waals surface area contributed by atoms with Crippen molar-refractivity contribution in [1.29, 1.82) is 0 Å². The van der Waals surface area contributed by atoms with Gasteiger partial charge in [0.1, 0.15) is 11.9 Å². The Morgan fingerprint density at radius 1 is 1.29 bits per heavy atom. The molecule has 2 saturated heterocycles. The molecular formula is C21H27FN2O4. The molecule has 0 aromatic heterocycles. The molecule has 1 aromatic carbocycles. The Kier molecular flexibility index (Phi) is 5.38. The van der Waals surface area contributed by atoms with Gasteiger partial charge >= 0.3 is 0 Å². The van der Waals surface area contributed by atoms with E-state index in [1.807, 2.05) is 0 Å². The van der Waals surface area contributed by atoms with Crippen LogP contribution < -0.4 is 5.32 Å². The van der Waals surface area contributed by atoms with E-state index in [1.165, 1.54) is 6.07 Å². The molecule has 28 heavy (non-hydrogen) atoms. The SMILES string of the molecule is CO[C@H]1COCC[C@@H]1NC(=O)C1(Cc2ccccc2F)CN(C(=O)C2CC2)C1. The van der Waals surface area contributed by atoms with E-state index in [-0.39, 0.29) is 42.1 Å². The van der Waals surface area contributed by atoms with Crippen molar-refractivity contribution in [3.05, 3.63) is 35.6 Å². The second-order valence-electron chi connectivity index (χ2n) is 8.23. The highest BCUT2D eigenvalue weighted by atomic mass is 19.1. The van der Waals surface area contributed by atoms with E-state index < -0.39 is 5.41 Å².